The number of hydrogen-bond donors (Lipinski definition) is 5. The second kappa shape index (κ2) is 3.56. The van der Waals surface area contributed by atoms with Gasteiger partial charge in [-0.15, -0.1) is 0 Å². The van der Waals surface area contributed by atoms with E-state index in [1.807, 2.05) is 0 Å². The molecule has 1 fully saturated rings. The third kappa shape index (κ3) is 1.79. The first-order valence-corrected chi connectivity index (χ1v) is 3.55. The van der Waals surface area contributed by atoms with Crippen molar-refractivity contribution >= 4 is 5.97 Å². The first kappa shape index (κ1) is 10.4. The SMILES string of the molecule is O=C(O)C1OC(O)[C@@H](O)[C@@H](O)[C@@H]1O. The van der Waals surface area contributed by atoms with Crippen LogP contribution in [0.2, 0.25) is 0 Å². The van der Waals surface area contributed by atoms with Crippen molar-refractivity contribution in [3.8, 4) is 0 Å². The zero-order chi connectivity index (χ0) is 10.2. The molecule has 13 heavy (non-hydrogen) atoms. The summed E-state index contributed by atoms with van der Waals surface area (Å²) in [7, 11) is 0. The van der Waals surface area contributed by atoms with Gasteiger partial charge in [-0.1, -0.05) is 0 Å². The maximum absolute atomic E-state index is 10.4. The lowest BCUT2D eigenvalue weighted by Gasteiger charge is -2.36. The molecule has 7 heteroatoms. The average molecular weight is 194 g/mol. The van der Waals surface area contributed by atoms with Gasteiger partial charge in [0.25, 0.3) is 0 Å². The van der Waals surface area contributed by atoms with Crippen molar-refractivity contribution in [2.24, 2.45) is 0 Å². The largest absolute Gasteiger partial charge is 0.479 e. The van der Waals surface area contributed by atoms with E-state index in [9.17, 15) is 4.79 Å². The van der Waals surface area contributed by atoms with Gasteiger partial charge in [0.1, 0.15) is 18.3 Å². The van der Waals surface area contributed by atoms with E-state index in [0.29, 0.717) is 0 Å². The Balaban J connectivity index is 2.76. The quantitative estimate of drug-likeness (QED) is 0.298. The minimum atomic E-state index is -1.81. The fourth-order valence-electron chi connectivity index (χ4n) is 1.07. The highest BCUT2D eigenvalue weighted by molar-refractivity contribution is 5.73. The lowest BCUT2D eigenvalue weighted by atomic mass is 9.99. The van der Waals surface area contributed by atoms with Crippen LogP contribution in [-0.2, 0) is 9.53 Å². The Morgan fingerprint density at radius 2 is 1.54 bits per heavy atom. The minimum absolute atomic E-state index is 1.52. The molecule has 0 spiro atoms. The van der Waals surface area contributed by atoms with E-state index in [2.05, 4.69) is 4.74 Å². The Morgan fingerprint density at radius 3 is 2.00 bits per heavy atom. The highest BCUT2D eigenvalue weighted by atomic mass is 16.6. The summed E-state index contributed by atoms with van der Waals surface area (Å²) >= 11 is 0. The number of rotatable bonds is 1. The van der Waals surface area contributed by atoms with E-state index in [4.69, 9.17) is 25.5 Å². The molecule has 0 radical (unpaired) electrons. The van der Waals surface area contributed by atoms with Crippen LogP contribution in [0.25, 0.3) is 0 Å². The Labute approximate surface area is 72.8 Å². The molecule has 1 rings (SSSR count). The Bertz CT molecular complexity index is 205. The van der Waals surface area contributed by atoms with E-state index in [0.717, 1.165) is 0 Å². The molecule has 0 aromatic heterocycles. The second-order valence-corrected chi connectivity index (χ2v) is 2.76. The van der Waals surface area contributed by atoms with Crippen molar-refractivity contribution in [1.82, 2.24) is 0 Å². The number of ether oxygens (including phenoxy) is 1. The second-order valence-electron chi connectivity index (χ2n) is 2.76. The predicted octanol–water partition coefficient (Wildman–Crippen LogP) is -3.13. The normalized spacial score (nSPS) is 46.0. The molecule has 0 aromatic carbocycles. The summed E-state index contributed by atoms with van der Waals surface area (Å²) in [4.78, 5) is 10.4. The maximum Gasteiger partial charge on any atom is 0.335 e. The molecule has 76 valence electrons. The van der Waals surface area contributed by atoms with Crippen LogP contribution < -0.4 is 0 Å². The van der Waals surface area contributed by atoms with Crippen LogP contribution in [0.15, 0.2) is 0 Å². The number of carboxylic acids is 1. The molecule has 0 aromatic rings. The summed E-state index contributed by atoms with van der Waals surface area (Å²) in [5.74, 6) is -1.52. The Kier molecular flexibility index (Phi) is 2.84. The van der Waals surface area contributed by atoms with Crippen molar-refractivity contribution in [1.29, 1.82) is 0 Å². The zero-order valence-electron chi connectivity index (χ0n) is 6.44. The third-order valence-electron chi connectivity index (χ3n) is 1.83. The van der Waals surface area contributed by atoms with E-state index in [-0.39, 0.29) is 0 Å². The molecule has 0 bridgehead atoms. The number of aliphatic hydroxyl groups excluding tert-OH is 4. The van der Waals surface area contributed by atoms with Gasteiger partial charge in [-0.3, -0.25) is 0 Å². The van der Waals surface area contributed by atoms with Gasteiger partial charge in [-0.25, -0.2) is 4.79 Å². The molecule has 5 atom stereocenters. The zero-order valence-corrected chi connectivity index (χ0v) is 6.44. The lowest BCUT2D eigenvalue weighted by Crippen LogP contribution is -2.59. The van der Waals surface area contributed by atoms with Gasteiger partial charge in [-0.2, -0.15) is 0 Å². The first-order valence-electron chi connectivity index (χ1n) is 3.55. The van der Waals surface area contributed by atoms with Crippen molar-refractivity contribution < 1.29 is 35.1 Å². The number of carbonyl (C=O) groups is 1. The van der Waals surface area contributed by atoms with Crippen LogP contribution in [-0.4, -0.2) is 62.2 Å². The van der Waals surface area contributed by atoms with Gasteiger partial charge < -0.3 is 30.3 Å². The third-order valence-corrected chi connectivity index (χ3v) is 1.83. The summed E-state index contributed by atoms with van der Waals surface area (Å²) in [5, 5.41) is 44.4. The summed E-state index contributed by atoms with van der Waals surface area (Å²) in [5.41, 5.74) is 0. The standard InChI is InChI=1S/C6H10O7/c7-1-2(8)4(5(10)11)13-6(12)3(1)9/h1-4,6-9,12H,(H,10,11)/t1-,2-,3-,4?,6?/m0/s1. The monoisotopic (exact) mass is 194 g/mol. The highest BCUT2D eigenvalue weighted by Crippen LogP contribution is 2.19. The summed E-state index contributed by atoms with van der Waals surface area (Å²) in [6.07, 6.45) is -8.72. The van der Waals surface area contributed by atoms with Crippen molar-refractivity contribution in [3.63, 3.8) is 0 Å². The summed E-state index contributed by atoms with van der Waals surface area (Å²) < 4.78 is 4.34. The number of hydrogen-bond acceptors (Lipinski definition) is 6. The van der Waals surface area contributed by atoms with Gasteiger partial charge >= 0.3 is 5.97 Å². The maximum atomic E-state index is 10.4. The number of aliphatic hydroxyl groups is 4. The van der Waals surface area contributed by atoms with Crippen LogP contribution in [0.3, 0.4) is 0 Å². The smallest absolute Gasteiger partial charge is 0.335 e. The fourth-order valence-corrected chi connectivity index (χ4v) is 1.07. The van der Waals surface area contributed by atoms with E-state index >= 15 is 0 Å². The molecule has 7 nitrogen and oxygen atoms in total. The van der Waals surface area contributed by atoms with Crippen LogP contribution in [0, 0.1) is 0 Å². The molecule has 1 aliphatic heterocycles. The molecule has 5 N–H and O–H groups in total. The topological polar surface area (TPSA) is 127 Å². The van der Waals surface area contributed by atoms with Gasteiger partial charge in [0.05, 0.1) is 0 Å². The van der Waals surface area contributed by atoms with Crippen LogP contribution >= 0.6 is 0 Å². The lowest BCUT2D eigenvalue weighted by molar-refractivity contribution is -0.279. The summed E-state index contributed by atoms with van der Waals surface area (Å²) in [6, 6.07) is 0. The molecule has 1 heterocycles. The molecule has 1 aliphatic rings. The minimum Gasteiger partial charge on any atom is -0.479 e. The van der Waals surface area contributed by atoms with Gasteiger partial charge in [-0.05, 0) is 0 Å². The predicted molar refractivity (Wildman–Crippen MR) is 36.5 cm³/mol. The summed E-state index contributed by atoms with van der Waals surface area (Å²) in [6.45, 7) is 0. The number of carboxylic acid groups (broad SMARTS) is 1. The van der Waals surface area contributed by atoms with Gasteiger partial charge in [0, 0.05) is 0 Å². The number of aliphatic carboxylic acids is 1. The first-order chi connectivity index (χ1) is 5.95. The van der Waals surface area contributed by atoms with Crippen LogP contribution in [0.4, 0.5) is 0 Å². The van der Waals surface area contributed by atoms with E-state index < -0.39 is 36.7 Å². The molecule has 0 amide bonds. The van der Waals surface area contributed by atoms with Crippen LogP contribution in [0.1, 0.15) is 0 Å². The van der Waals surface area contributed by atoms with E-state index in [1.165, 1.54) is 0 Å². The Hall–Kier alpha value is -0.730. The highest BCUT2D eigenvalue weighted by Gasteiger charge is 2.46. The molecule has 2 unspecified atom stereocenters. The Morgan fingerprint density at radius 1 is 1.00 bits per heavy atom. The average Bonchev–Trinajstić information content (AvgIpc) is 2.07. The van der Waals surface area contributed by atoms with Gasteiger partial charge in [0.2, 0.25) is 0 Å². The molecule has 0 aliphatic carbocycles. The molecule has 0 saturated carbocycles. The van der Waals surface area contributed by atoms with Crippen molar-refractivity contribution in [2.75, 3.05) is 0 Å². The molecule has 1 saturated heterocycles. The van der Waals surface area contributed by atoms with Gasteiger partial charge in [0.15, 0.2) is 12.4 Å². The fraction of sp³-hybridized carbons (Fsp3) is 0.833. The molecular formula is C6H10O7. The van der Waals surface area contributed by atoms with Crippen molar-refractivity contribution in [3.05, 3.63) is 0 Å². The molecular weight excluding hydrogens is 184 g/mol. The van der Waals surface area contributed by atoms with Crippen molar-refractivity contribution in [2.45, 2.75) is 30.7 Å². The van der Waals surface area contributed by atoms with Crippen LogP contribution in [0.5, 0.6) is 0 Å². The van der Waals surface area contributed by atoms with E-state index in [1.54, 1.807) is 0 Å².